The zero-order valence-electron chi connectivity index (χ0n) is 19.5. The Morgan fingerprint density at radius 1 is 1.18 bits per heavy atom. The molecule has 1 fully saturated rings. The second kappa shape index (κ2) is 8.86. The number of hydrogen-bond donors (Lipinski definition) is 3. The van der Waals surface area contributed by atoms with Gasteiger partial charge in [-0.2, -0.15) is 0 Å². The summed E-state index contributed by atoms with van der Waals surface area (Å²) in [5, 5.41) is 16.6. The van der Waals surface area contributed by atoms with Gasteiger partial charge in [0.25, 0.3) is 16.8 Å². The summed E-state index contributed by atoms with van der Waals surface area (Å²) in [6, 6.07) is 4.69. The van der Waals surface area contributed by atoms with Crippen LogP contribution in [-0.4, -0.2) is 52.2 Å². The molecule has 0 radical (unpaired) electrons. The first kappa shape index (κ1) is 23.4. The van der Waals surface area contributed by atoms with Crippen molar-refractivity contribution in [2.75, 3.05) is 31.3 Å². The predicted octanol–water partition coefficient (Wildman–Crippen LogP) is 2.25. The molecule has 1 unspecified atom stereocenters. The number of nitrogens with one attached hydrogen (secondary N) is 2. The van der Waals surface area contributed by atoms with Crippen molar-refractivity contribution in [3.8, 4) is 5.75 Å². The van der Waals surface area contributed by atoms with Gasteiger partial charge in [0, 0.05) is 33.1 Å². The molecule has 3 heterocycles. The Morgan fingerprint density at radius 3 is 2.56 bits per heavy atom. The molecule has 0 saturated carbocycles. The highest BCUT2D eigenvalue weighted by atomic mass is 16.5. The number of carbonyl (C=O) groups is 1. The highest BCUT2D eigenvalue weighted by Gasteiger charge is 2.42. The van der Waals surface area contributed by atoms with Crippen LogP contribution in [0.2, 0.25) is 0 Å². The first-order valence-corrected chi connectivity index (χ1v) is 11.0. The van der Waals surface area contributed by atoms with Gasteiger partial charge in [-0.05, 0) is 44.4 Å². The molecule has 3 N–H and O–H groups in total. The minimum Gasteiger partial charge on any atom is -0.504 e. The Balaban J connectivity index is 1.70. The topological polar surface area (TPSA) is 134 Å². The molecule has 10 nitrogen and oxygen atoms in total. The van der Waals surface area contributed by atoms with Gasteiger partial charge < -0.3 is 25.4 Å². The number of hydrogen-bond acceptors (Lipinski definition) is 9. The number of pyridine rings is 2. The van der Waals surface area contributed by atoms with E-state index in [4.69, 9.17) is 4.74 Å². The van der Waals surface area contributed by atoms with Gasteiger partial charge in [-0.1, -0.05) is 6.07 Å². The lowest BCUT2D eigenvalue weighted by Gasteiger charge is -2.35. The van der Waals surface area contributed by atoms with Crippen molar-refractivity contribution >= 4 is 23.0 Å². The van der Waals surface area contributed by atoms with E-state index in [2.05, 4.69) is 20.6 Å². The Kier molecular flexibility index (Phi) is 6.09. The van der Waals surface area contributed by atoms with Crippen LogP contribution in [0.5, 0.6) is 5.75 Å². The number of aromatic nitrogens is 2. The van der Waals surface area contributed by atoms with Crippen molar-refractivity contribution in [2.45, 2.75) is 38.3 Å². The molecule has 34 heavy (non-hydrogen) atoms. The molecule has 1 amide bonds. The lowest BCUT2D eigenvalue weighted by atomic mass is 9.88. The Bertz CT molecular complexity index is 1310. The van der Waals surface area contributed by atoms with E-state index in [9.17, 15) is 19.5 Å². The monoisotopic (exact) mass is 465 g/mol. The van der Waals surface area contributed by atoms with Gasteiger partial charge in [-0.15, -0.1) is 0 Å². The molecule has 1 saturated heterocycles. The molecular weight excluding hydrogens is 438 g/mol. The summed E-state index contributed by atoms with van der Waals surface area (Å²) in [6.45, 7) is 4.47. The summed E-state index contributed by atoms with van der Waals surface area (Å²) in [4.78, 5) is 47.1. The van der Waals surface area contributed by atoms with Crippen LogP contribution in [0.1, 0.15) is 47.6 Å². The number of amides is 1. The van der Waals surface area contributed by atoms with Crippen LogP contribution in [0.3, 0.4) is 0 Å². The highest BCUT2D eigenvalue weighted by Crippen LogP contribution is 2.41. The van der Waals surface area contributed by atoms with Gasteiger partial charge >= 0.3 is 0 Å². The van der Waals surface area contributed by atoms with Crippen molar-refractivity contribution in [1.29, 1.82) is 0 Å². The molecule has 10 heteroatoms. The van der Waals surface area contributed by atoms with Gasteiger partial charge in [0.1, 0.15) is 11.4 Å². The maximum Gasteiger partial charge on any atom is 0.275 e. The molecule has 1 aliphatic rings. The number of nitrogens with zero attached hydrogens (tertiary/aromatic N) is 3. The zero-order valence-corrected chi connectivity index (χ0v) is 19.5. The lowest BCUT2D eigenvalue weighted by molar-refractivity contribution is 0.00265. The fourth-order valence-corrected chi connectivity index (χ4v) is 4.19. The van der Waals surface area contributed by atoms with Gasteiger partial charge in [-0.25, -0.2) is 4.98 Å². The minimum atomic E-state index is -0.729. The third kappa shape index (κ3) is 4.01. The van der Waals surface area contributed by atoms with Crippen LogP contribution >= 0.6 is 0 Å². The first-order valence-electron chi connectivity index (χ1n) is 11.0. The number of rotatable bonds is 7. The van der Waals surface area contributed by atoms with E-state index in [0.717, 1.165) is 24.1 Å². The predicted molar refractivity (Wildman–Crippen MR) is 127 cm³/mol. The quantitative estimate of drug-likeness (QED) is 0.449. The maximum absolute atomic E-state index is 12.6. The van der Waals surface area contributed by atoms with E-state index >= 15 is 0 Å². The molecular formula is C24H27N5O5. The van der Waals surface area contributed by atoms with Gasteiger partial charge in [0.2, 0.25) is 0 Å². The minimum absolute atomic E-state index is 0.00469. The standard InChI is InChI=1S/C24H27N5O5/c1-13-7-5-10-25-15(13)22(24(2)9-6-12-34-24)28-17-16(20(31)21(17)32)27-14-8-11-26-18(19(14)30)23(33)29(3)4/h5,7-8,10-11,22,28,30H,6,9,12H2,1-4H3,(H,26,27)/t22-,24?/m0/s1. The molecule has 2 aromatic heterocycles. The van der Waals surface area contributed by atoms with Crippen LogP contribution in [0.15, 0.2) is 40.2 Å². The van der Waals surface area contributed by atoms with Crippen molar-refractivity contribution in [3.63, 3.8) is 0 Å². The number of ether oxygens (including phenoxy) is 1. The average Bonchev–Trinajstić information content (AvgIpc) is 3.26. The van der Waals surface area contributed by atoms with E-state index in [-0.39, 0.29) is 22.8 Å². The van der Waals surface area contributed by atoms with Crippen LogP contribution < -0.4 is 21.5 Å². The summed E-state index contributed by atoms with van der Waals surface area (Å²) in [7, 11) is 3.07. The summed E-state index contributed by atoms with van der Waals surface area (Å²) < 4.78 is 6.05. The maximum atomic E-state index is 12.6. The van der Waals surface area contributed by atoms with Crippen molar-refractivity contribution in [3.05, 3.63) is 68.0 Å². The Morgan fingerprint density at radius 2 is 1.91 bits per heavy atom. The van der Waals surface area contributed by atoms with Crippen molar-refractivity contribution < 1.29 is 14.6 Å². The van der Waals surface area contributed by atoms with E-state index in [1.807, 2.05) is 26.0 Å². The summed E-state index contributed by atoms with van der Waals surface area (Å²) in [5.74, 6) is -0.912. The number of aryl methyl sites for hydroxylation is 1. The molecule has 1 aliphatic heterocycles. The van der Waals surface area contributed by atoms with Crippen molar-refractivity contribution in [1.82, 2.24) is 14.9 Å². The fourth-order valence-electron chi connectivity index (χ4n) is 4.19. The molecule has 0 aliphatic carbocycles. The first-order chi connectivity index (χ1) is 16.1. The second-order valence-electron chi connectivity index (χ2n) is 8.84. The summed E-state index contributed by atoms with van der Waals surface area (Å²) in [5.41, 5.74) is -0.418. The Labute approximate surface area is 196 Å². The van der Waals surface area contributed by atoms with E-state index in [1.54, 1.807) is 6.20 Å². The zero-order chi connectivity index (χ0) is 24.6. The fraction of sp³-hybridized carbons (Fsp3) is 0.375. The van der Waals surface area contributed by atoms with Gasteiger partial charge in [-0.3, -0.25) is 19.4 Å². The number of carbonyl (C=O) groups excluding carboxylic acids is 1. The van der Waals surface area contributed by atoms with Crippen LogP contribution in [-0.2, 0) is 4.74 Å². The second-order valence-corrected chi connectivity index (χ2v) is 8.84. The molecule has 0 spiro atoms. The van der Waals surface area contributed by atoms with Crippen LogP contribution in [0.25, 0.3) is 0 Å². The molecule has 0 bridgehead atoms. The largest absolute Gasteiger partial charge is 0.504 e. The molecule has 178 valence electrons. The van der Waals surface area contributed by atoms with Crippen LogP contribution in [0.4, 0.5) is 17.1 Å². The van der Waals surface area contributed by atoms with Crippen LogP contribution in [0, 0.1) is 6.92 Å². The van der Waals surface area contributed by atoms with E-state index in [1.165, 1.54) is 31.3 Å². The normalized spacial score (nSPS) is 18.6. The smallest absolute Gasteiger partial charge is 0.275 e. The van der Waals surface area contributed by atoms with Crippen molar-refractivity contribution in [2.24, 2.45) is 0 Å². The molecule has 4 rings (SSSR count). The molecule has 3 aromatic rings. The third-order valence-corrected chi connectivity index (χ3v) is 6.18. The van der Waals surface area contributed by atoms with Gasteiger partial charge in [0.05, 0.1) is 23.0 Å². The average molecular weight is 466 g/mol. The SMILES string of the molecule is Cc1cccnc1[C@H](Nc1c(Nc2ccnc(C(=O)N(C)C)c2O)c(=O)c1=O)C1(C)CCCO1. The molecule has 2 atom stereocenters. The summed E-state index contributed by atoms with van der Waals surface area (Å²) >= 11 is 0. The number of aromatic hydroxyl groups is 1. The molecule has 1 aromatic carbocycles. The van der Waals surface area contributed by atoms with E-state index < -0.39 is 34.2 Å². The highest BCUT2D eigenvalue weighted by molar-refractivity contribution is 5.97. The number of anilines is 3. The summed E-state index contributed by atoms with van der Waals surface area (Å²) in [6.07, 6.45) is 4.63. The third-order valence-electron chi connectivity index (χ3n) is 6.18. The van der Waals surface area contributed by atoms with Gasteiger partial charge in [0.15, 0.2) is 11.4 Å². The Hall–Kier alpha value is -3.79. The van der Waals surface area contributed by atoms with E-state index in [0.29, 0.717) is 6.61 Å². The lowest BCUT2D eigenvalue weighted by Crippen LogP contribution is -2.43.